The van der Waals surface area contributed by atoms with Crippen LogP contribution in [0.2, 0.25) is 0 Å². The molecule has 0 saturated carbocycles. The van der Waals surface area contributed by atoms with Crippen LogP contribution in [0.3, 0.4) is 0 Å². The van der Waals surface area contributed by atoms with Gasteiger partial charge in [-0.3, -0.25) is 0 Å². The Hall–Kier alpha value is -0.680. The van der Waals surface area contributed by atoms with E-state index in [1.54, 1.807) is 0 Å². The van der Waals surface area contributed by atoms with Crippen LogP contribution in [-0.4, -0.2) is 35.4 Å². The Morgan fingerprint density at radius 2 is 0.756 bits per heavy atom. The first-order chi connectivity index (χ1) is 20.1. The SMILES string of the molecule is CCCCCCCCCCCCCCCCOC(=O)C(O)CC(=S)OCCCCCCCCCCCCCCCC. The van der Waals surface area contributed by atoms with Gasteiger partial charge in [0.15, 0.2) is 11.2 Å². The molecule has 0 spiro atoms. The van der Waals surface area contributed by atoms with Crippen molar-refractivity contribution in [1.82, 2.24) is 0 Å². The minimum atomic E-state index is -1.22. The molecule has 244 valence electrons. The molecule has 5 heteroatoms. The van der Waals surface area contributed by atoms with Gasteiger partial charge < -0.3 is 14.6 Å². The summed E-state index contributed by atoms with van der Waals surface area (Å²) in [7, 11) is 0. The molecule has 0 aliphatic carbocycles. The van der Waals surface area contributed by atoms with E-state index in [-0.39, 0.29) is 6.42 Å². The average Bonchev–Trinajstić information content (AvgIpc) is 2.96. The molecule has 0 amide bonds. The number of carbonyl (C=O) groups excluding carboxylic acids is 1. The highest BCUT2D eigenvalue weighted by atomic mass is 32.1. The number of thiocarbonyl (C=S) groups is 1. The lowest BCUT2D eigenvalue weighted by Gasteiger charge is -2.12. The van der Waals surface area contributed by atoms with Gasteiger partial charge in [0.25, 0.3) is 0 Å². The largest absolute Gasteiger partial charge is 0.487 e. The molecular weight excluding hydrogens is 528 g/mol. The summed E-state index contributed by atoms with van der Waals surface area (Å²) < 4.78 is 10.8. The van der Waals surface area contributed by atoms with Gasteiger partial charge in [0.1, 0.15) is 0 Å². The van der Waals surface area contributed by atoms with Crippen LogP contribution in [0.4, 0.5) is 0 Å². The van der Waals surface area contributed by atoms with Crippen molar-refractivity contribution in [2.45, 2.75) is 206 Å². The van der Waals surface area contributed by atoms with Gasteiger partial charge >= 0.3 is 5.97 Å². The lowest BCUT2D eigenvalue weighted by molar-refractivity contribution is -0.153. The van der Waals surface area contributed by atoms with Gasteiger partial charge in [0.05, 0.1) is 19.6 Å². The Kier molecular flexibility index (Phi) is 33.3. The van der Waals surface area contributed by atoms with Crippen LogP contribution >= 0.6 is 12.2 Å². The third-order valence-electron chi connectivity index (χ3n) is 8.14. The smallest absolute Gasteiger partial charge is 0.335 e. The van der Waals surface area contributed by atoms with Crippen LogP contribution in [0, 0.1) is 0 Å². The summed E-state index contributed by atoms with van der Waals surface area (Å²) >= 11 is 5.21. The normalized spacial score (nSPS) is 12.0. The molecule has 0 aromatic heterocycles. The van der Waals surface area contributed by atoms with Crippen molar-refractivity contribution >= 4 is 23.2 Å². The zero-order valence-electron chi connectivity index (χ0n) is 27.6. The molecule has 0 saturated heterocycles. The fourth-order valence-corrected chi connectivity index (χ4v) is 5.59. The van der Waals surface area contributed by atoms with E-state index in [9.17, 15) is 9.90 Å². The summed E-state index contributed by atoms with van der Waals surface area (Å²) in [6.45, 7) is 5.49. The summed E-state index contributed by atoms with van der Waals surface area (Å²) in [4.78, 5) is 12.0. The van der Waals surface area contributed by atoms with Gasteiger partial charge in [-0.2, -0.15) is 0 Å². The van der Waals surface area contributed by atoms with Crippen molar-refractivity contribution in [2.24, 2.45) is 0 Å². The zero-order chi connectivity index (χ0) is 30.1. The van der Waals surface area contributed by atoms with Gasteiger partial charge in [-0.25, -0.2) is 4.79 Å². The Labute approximate surface area is 261 Å². The lowest BCUT2D eigenvalue weighted by Crippen LogP contribution is -2.26. The number of esters is 1. The fraction of sp³-hybridized carbons (Fsp3) is 0.944. The van der Waals surface area contributed by atoms with Crippen molar-refractivity contribution in [3.8, 4) is 0 Å². The molecule has 0 aliphatic heterocycles. The second-order valence-electron chi connectivity index (χ2n) is 12.3. The number of hydrogen-bond donors (Lipinski definition) is 1. The van der Waals surface area contributed by atoms with Crippen molar-refractivity contribution in [2.75, 3.05) is 13.2 Å². The highest BCUT2D eigenvalue weighted by Gasteiger charge is 2.19. The van der Waals surface area contributed by atoms with Gasteiger partial charge in [-0.05, 0) is 25.1 Å². The third kappa shape index (κ3) is 32.1. The third-order valence-corrected chi connectivity index (χ3v) is 8.42. The Balaban J connectivity index is 3.40. The highest BCUT2D eigenvalue weighted by Crippen LogP contribution is 2.14. The minimum absolute atomic E-state index is 0.0471. The van der Waals surface area contributed by atoms with E-state index in [1.165, 1.54) is 154 Å². The molecule has 0 aromatic carbocycles. The standard InChI is InChI=1S/C36H70O4S/c1-3-5-7-9-11-13-15-17-19-21-23-25-27-29-31-39-35(41)33-34(37)36(38)40-32-30-28-26-24-22-20-18-16-14-12-10-8-6-4-2/h34,37H,3-33H2,1-2H3. The van der Waals surface area contributed by atoms with E-state index < -0.39 is 12.1 Å². The van der Waals surface area contributed by atoms with E-state index >= 15 is 0 Å². The predicted octanol–water partition coefficient (Wildman–Crippen LogP) is 11.6. The number of rotatable bonds is 33. The van der Waals surface area contributed by atoms with E-state index in [0.717, 1.165) is 25.7 Å². The van der Waals surface area contributed by atoms with Crippen LogP contribution in [-0.2, 0) is 14.3 Å². The van der Waals surface area contributed by atoms with Crippen LogP contribution in [0.15, 0.2) is 0 Å². The second-order valence-corrected chi connectivity index (χ2v) is 12.8. The maximum absolute atomic E-state index is 12.0. The van der Waals surface area contributed by atoms with Crippen LogP contribution in [0.5, 0.6) is 0 Å². The highest BCUT2D eigenvalue weighted by molar-refractivity contribution is 7.80. The van der Waals surface area contributed by atoms with Crippen LogP contribution in [0.25, 0.3) is 0 Å². The number of aliphatic hydroxyl groups is 1. The molecule has 41 heavy (non-hydrogen) atoms. The van der Waals surface area contributed by atoms with E-state index in [2.05, 4.69) is 13.8 Å². The van der Waals surface area contributed by atoms with Crippen molar-refractivity contribution in [3.05, 3.63) is 0 Å². The first-order valence-electron chi connectivity index (χ1n) is 18.1. The first-order valence-corrected chi connectivity index (χ1v) is 18.5. The lowest BCUT2D eigenvalue weighted by atomic mass is 10.0. The molecule has 4 nitrogen and oxygen atoms in total. The molecule has 0 heterocycles. The van der Waals surface area contributed by atoms with E-state index in [4.69, 9.17) is 21.7 Å². The molecule has 1 unspecified atom stereocenters. The van der Waals surface area contributed by atoms with Gasteiger partial charge in [-0.1, -0.05) is 181 Å². The number of aliphatic hydroxyl groups excluding tert-OH is 1. The molecule has 0 radical (unpaired) electrons. The van der Waals surface area contributed by atoms with Gasteiger partial charge in [0.2, 0.25) is 0 Å². The molecule has 0 rings (SSSR count). The summed E-state index contributed by atoms with van der Waals surface area (Å²) in [5.41, 5.74) is 0. The molecule has 0 bridgehead atoms. The second kappa shape index (κ2) is 33.8. The quantitative estimate of drug-likeness (QED) is 0.0462. The van der Waals surface area contributed by atoms with Crippen molar-refractivity contribution in [1.29, 1.82) is 0 Å². The van der Waals surface area contributed by atoms with E-state index in [1.807, 2.05) is 0 Å². The molecule has 0 aromatic rings. The fourth-order valence-electron chi connectivity index (χ4n) is 5.35. The molecule has 1 N–H and O–H groups in total. The predicted molar refractivity (Wildman–Crippen MR) is 181 cm³/mol. The maximum Gasteiger partial charge on any atom is 0.335 e. The summed E-state index contributed by atoms with van der Waals surface area (Å²) in [6.07, 6.45) is 35.5. The van der Waals surface area contributed by atoms with Crippen molar-refractivity contribution < 1.29 is 19.4 Å². The molecule has 1 atom stereocenters. The van der Waals surface area contributed by atoms with Gasteiger partial charge in [-0.15, -0.1) is 0 Å². The molecular formula is C36H70O4S. The van der Waals surface area contributed by atoms with Crippen molar-refractivity contribution in [3.63, 3.8) is 0 Å². The van der Waals surface area contributed by atoms with Gasteiger partial charge in [0, 0.05) is 0 Å². The average molecular weight is 599 g/mol. The number of carbonyl (C=O) groups is 1. The zero-order valence-corrected chi connectivity index (χ0v) is 28.4. The Bertz CT molecular complexity index is 554. The Morgan fingerprint density at radius 3 is 1.07 bits per heavy atom. The molecule has 0 aliphatic rings. The topological polar surface area (TPSA) is 55.8 Å². The Morgan fingerprint density at radius 1 is 0.488 bits per heavy atom. The van der Waals surface area contributed by atoms with Crippen LogP contribution in [0.1, 0.15) is 200 Å². The maximum atomic E-state index is 12.0. The van der Waals surface area contributed by atoms with E-state index in [0.29, 0.717) is 18.3 Å². The number of unbranched alkanes of at least 4 members (excludes halogenated alkanes) is 26. The van der Waals surface area contributed by atoms with Crippen LogP contribution < -0.4 is 0 Å². The summed E-state index contributed by atoms with van der Waals surface area (Å²) in [5, 5.41) is 10.4. The monoisotopic (exact) mass is 598 g/mol. The summed E-state index contributed by atoms with van der Waals surface area (Å²) in [5.74, 6) is -0.581. The molecule has 0 fully saturated rings. The minimum Gasteiger partial charge on any atom is -0.487 e. The number of hydrogen-bond acceptors (Lipinski definition) is 5. The first kappa shape index (κ1) is 40.3. The number of ether oxygens (including phenoxy) is 2. The summed E-state index contributed by atoms with van der Waals surface area (Å²) in [6, 6.07) is 0.